The number of nitro benzene ring substituents is 1. The van der Waals surface area contributed by atoms with Crippen molar-refractivity contribution in [3.63, 3.8) is 0 Å². The van der Waals surface area contributed by atoms with Gasteiger partial charge in [0.25, 0.3) is 5.69 Å². The van der Waals surface area contributed by atoms with Gasteiger partial charge in [-0.05, 0) is 12.0 Å². The van der Waals surface area contributed by atoms with Gasteiger partial charge >= 0.3 is 0 Å². The highest BCUT2D eigenvalue weighted by Gasteiger charge is 2.16. The lowest BCUT2D eigenvalue weighted by Gasteiger charge is -2.27. The topological polar surface area (TPSA) is 75.5 Å². The Hall–Kier alpha value is -1.66. The summed E-state index contributed by atoms with van der Waals surface area (Å²) in [5, 5.41) is 13.5. The number of hydrogen-bond acceptors (Lipinski definition) is 4. The van der Waals surface area contributed by atoms with Crippen molar-refractivity contribution in [3.8, 4) is 0 Å². The van der Waals surface area contributed by atoms with Gasteiger partial charge in [0.1, 0.15) is 0 Å². The molecule has 1 amide bonds. The van der Waals surface area contributed by atoms with Crippen LogP contribution >= 0.6 is 12.4 Å². The summed E-state index contributed by atoms with van der Waals surface area (Å²) in [6.07, 6.45) is 0.726. The lowest BCUT2D eigenvalue weighted by molar-refractivity contribution is -0.384. The standard InChI is InChI=1S/C12H15N3O3.ClH/c16-12-9-13-6-8-14(12)7-5-10-1-3-11(4-2-10)15(17)18;/h1-4,13H,5-9H2;1H. The van der Waals surface area contributed by atoms with E-state index in [0.29, 0.717) is 13.1 Å². The maximum atomic E-state index is 11.5. The van der Waals surface area contributed by atoms with Gasteiger partial charge in [-0.3, -0.25) is 14.9 Å². The number of nitrogens with one attached hydrogen (secondary N) is 1. The molecule has 7 heteroatoms. The van der Waals surface area contributed by atoms with E-state index < -0.39 is 4.92 Å². The average Bonchev–Trinajstić information content (AvgIpc) is 2.38. The summed E-state index contributed by atoms with van der Waals surface area (Å²) < 4.78 is 0. The molecular formula is C12H16ClN3O3. The summed E-state index contributed by atoms with van der Waals surface area (Å²) in [4.78, 5) is 23.4. The van der Waals surface area contributed by atoms with Gasteiger partial charge in [0.15, 0.2) is 0 Å². The molecule has 1 aliphatic rings. The van der Waals surface area contributed by atoms with E-state index in [1.807, 2.05) is 4.90 Å². The van der Waals surface area contributed by atoms with Crippen molar-refractivity contribution >= 4 is 24.0 Å². The molecule has 1 fully saturated rings. The Labute approximate surface area is 117 Å². The van der Waals surface area contributed by atoms with E-state index in [-0.39, 0.29) is 24.0 Å². The maximum Gasteiger partial charge on any atom is 0.269 e. The van der Waals surface area contributed by atoms with Crippen LogP contribution in [0.5, 0.6) is 0 Å². The lowest BCUT2D eigenvalue weighted by Crippen LogP contribution is -2.48. The molecule has 104 valence electrons. The quantitative estimate of drug-likeness (QED) is 0.661. The van der Waals surface area contributed by atoms with Crippen molar-refractivity contribution < 1.29 is 9.72 Å². The fraction of sp³-hybridized carbons (Fsp3) is 0.417. The molecule has 0 spiro atoms. The number of carbonyl (C=O) groups is 1. The zero-order valence-electron chi connectivity index (χ0n) is 10.4. The van der Waals surface area contributed by atoms with Crippen LogP contribution in [0, 0.1) is 10.1 Å². The molecule has 0 aliphatic carbocycles. The molecule has 19 heavy (non-hydrogen) atoms. The smallest absolute Gasteiger partial charge is 0.269 e. The Kier molecular flexibility index (Phi) is 5.72. The molecule has 0 atom stereocenters. The molecule has 1 N–H and O–H groups in total. The lowest BCUT2D eigenvalue weighted by atomic mass is 10.1. The number of nitro groups is 1. The monoisotopic (exact) mass is 285 g/mol. The van der Waals surface area contributed by atoms with E-state index >= 15 is 0 Å². The van der Waals surface area contributed by atoms with Crippen LogP contribution in [0.2, 0.25) is 0 Å². The second-order valence-electron chi connectivity index (χ2n) is 4.23. The Morgan fingerprint density at radius 1 is 1.32 bits per heavy atom. The van der Waals surface area contributed by atoms with Crippen LogP contribution in [0.1, 0.15) is 5.56 Å². The normalized spacial score (nSPS) is 14.9. The van der Waals surface area contributed by atoms with Crippen LogP contribution < -0.4 is 5.32 Å². The molecule has 1 aromatic rings. The summed E-state index contributed by atoms with van der Waals surface area (Å²) in [6.45, 7) is 2.62. The van der Waals surface area contributed by atoms with Crippen molar-refractivity contribution in [3.05, 3.63) is 39.9 Å². The number of non-ortho nitro benzene ring substituents is 1. The number of nitrogens with zero attached hydrogens (tertiary/aromatic N) is 2. The number of hydrogen-bond donors (Lipinski definition) is 1. The Morgan fingerprint density at radius 2 is 2.00 bits per heavy atom. The molecule has 6 nitrogen and oxygen atoms in total. The van der Waals surface area contributed by atoms with Gasteiger partial charge in [0.05, 0.1) is 11.5 Å². The van der Waals surface area contributed by atoms with Crippen molar-refractivity contribution in [1.29, 1.82) is 0 Å². The van der Waals surface area contributed by atoms with E-state index in [1.54, 1.807) is 12.1 Å². The second-order valence-corrected chi connectivity index (χ2v) is 4.23. The predicted octanol–water partition coefficient (Wildman–Crippen LogP) is 0.991. The van der Waals surface area contributed by atoms with Crippen LogP contribution in [0.15, 0.2) is 24.3 Å². The second kappa shape index (κ2) is 7.06. The first kappa shape index (κ1) is 15.4. The molecule has 2 rings (SSSR count). The molecule has 1 aliphatic heterocycles. The van der Waals surface area contributed by atoms with E-state index in [2.05, 4.69) is 5.32 Å². The number of rotatable bonds is 4. The fourth-order valence-electron chi connectivity index (χ4n) is 1.93. The molecular weight excluding hydrogens is 270 g/mol. The Balaban J connectivity index is 0.00000180. The van der Waals surface area contributed by atoms with Gasteiger partial charge < -0.3 is 10.2 Å². The average molecular weight is 286 g/mol. The maximum absolute atomic E-state index is 11.5. The summed E-state index contributed by atoms with van der Waals surface area (Å²) in [5.41, 5.74) is 1.10. The van der Waals surface area contributed by atoms with Crippen molar-refractivity contribution in [1.82, 2.24) is 10.2 Å². The van der Waals surface area contributed by atoms with Gasteiger partial charge in [-0.25, -0.2) is 0 Å². The van der Waals surface area contributed by atoms with Crippen molar-refractivity contribution in [2.75, 3.05) is 26.2 Å². The van der Waals surface area contributed by atoms with Gasteiger partial charge in [-0.15, -0.1) is 12.4 Å². The van der Waals surface area contributed by atoms with Crippen LogP contribution in [-0.2, 0) is 11.2 Å². The largest absolute Gasteiger partial charge is 0.340 e. The molecule has 1 saturated heterocycles. The highest BCUT2D eigenvalue weighted by atomic mass is 35.5. The first-order chi connectivity index (χ1) is 8.66. The van der Waals surface area contributed by atoms with E-state index in [9.17, 15) is 14.9 Å². The molecule has 0 saturated carbocycles. The zero-order valence-corrected chi connectivity index (χ0v) is 11.2. The third-order valence-corrected chi connectivity index (χ3v) is 3.00. The van der Waals surface area contributed by atoms with Crippen molar-refractivity contribution in [2.45, 2.75) is 6.42 Å². The predicted molar refractivity (Wildman–Crippen MR) is 73.5 cm³/mol. The number of carbonyl (C=O) groups excluding carboxylic acids is 1. The van der Waals surface area contributed by atoms with Crippen LogP contribution in [0.4, 0.5) is 5.69 Å². The third-order valence-electron chi connectivity index (χ3n) is 3.00. The zero-order chi connectivity index (χ0) is 13.0. The summed E-state index contributed by atoms with van der Waals surface area (Å²) in [6, 6.07) is 6.47. The Bertz CT molecular complexity index is 450. The highest BCUT2D eigenvalue weighted by molar-refractivity contribution is 5.85. The first-order valence-corrected chi connectivity index (χ1v) is 5.88. The Morgan fingerprint density at radius 3 is 2.58 bits per heavy atom. The fourth-order valence-corrected chi connectivity index (χ4v) is 1.93. The SMILES string of the molecule is Cl.O=C1CNCCN1CCc1ccc([N+](=O)[O-])cc1. The van der Waals surface area contributed by atoms with Gasteiger partial charge in [0, 0.05) is 31.8 Å². The first-order valence-electron chi connectivity index (χ1n) is 5.88. The van der Waals surface area contributed by atoms with Crippen LogP contribution in [0.25, 0.3) is 0 Å². The van der Waals surface area contributed by atoms with E-state index in [4.69, 9.17) is 0 Å². The van der Waals surface area contributed by atoms with Gasteiger partial charge in [-0.1, -0.05) is 12.1 Å². The minimum atomic E-state index is -0.413. The van der Waals surface area contributed by atoms with Crippen molar-refractivity contribution in [2.24, 2.45) is 0 Å². The van der Waals surface area contributed by atoms with Gasteiger partial charge in [0.2, 0.25) is 5.91 Å². The molecule has 0 radical (unpaired) electrons. The number of amides is 1. The minimum absolute atomic E-state index is 0. The van der Waals surface area contributed by atoms with E-state index in [0.717, 1.165) is 25.1 Å². The number of benzene rings is 1. The number of piperazine rings is 1. The molecule has 1 aromatic carbocycles. The highest BCUT2D eigenvalue weighted by Crippen LogP contribution is 2.12. The minimum Gasteiger partial charge on any atom is -0.340 e. The summed E-state index contributed by atoms with van der Waals surface area (Å²) in [5.74, 6) is 0.114. The molecule has 0 unspecified atom stereocenters. The van der Waals surface area contributed by atoms with E-state index in [1.165, 1.54) is 12.1 Å². The van der Waals surface area contributed by atoms with Crippen LogP contribution in [-0.4, -0.2) is 41.9 Å². The number of halogens is 1. The molecule has 0 aromatic heterocycles. The molecule has 0 bridgehead atoms. The summed E-state index contributed by atoms with van der Waals surface area (Å²) in [7, 11) is 0. The summed E-state index contributed by atoms with van der Waals surface area (Å²) >= 11 is 0. The van der Waals surface area contributed by atoms with Crippen LogP contribution in [0.3, 0.4) is 0 Å². The van der Waals surface area contributed by atoms with Gasteiger partial charge in [-0.2, -0.15) is 0 Å². The third kappa shape index (κ3) is 4.18. The molecule has 1 heterocycles.